The minimum Gasteiger partial charge on any atom is -0.385 e. The van der Waals surface area contributed by atoms with Crippen molar-refractivity contribution in [1.29, 1.82) is 0 Å². The molecule has 0 atom stereocenters. The average Bonchev–Trinajstić information content (AvgIpc) is 2.71. The molecule has 6 heteroatoms. The number of rotatable bonds is 14. The molecule has 0 unspecified atom stereocenters. The fraction of sp³-hybridized carbons (Fsp3) is 0.682. The van der Waals surface area contributed by atoms with Crippen molar-refractivity contribution < 1.29 is 4.74 Å². The Balaban J connectivity index is 2.60. The Kier molecular flexibility index (Phi) is 13.3. The van der Waals surface area contributed by atoms with Crippen LogP contribution in [-0.4, -0.2) is 75.8 Å². The van der Waals surface area contributed by atoms with Crippen molar-refractivity contribution in [2.24, 2.45) is 4.99 Å². The van der Waals surface area contributed by atoms with Gasteiger partial charge in [-0.2, -0.15) is 0 Å². The van der Waals surface area contributed by atoms with Gasteiger partial charge in [0.15, 0.2) is 5.96 Å². The van der Waals surface area contributed by atoms with E-state index >= 15 is 0 Å². The van der Waals surface area contributed by atoms with Crippen LogP contribution in [0.3, 0.4) is 0 Å². The number of likely N-dealkylation sites (N-methyl/N-ethyl adjacent to an activating group) is 1. The van der Waals surface area contributed by atoms with Gasteiger partial charge in [-0.05, 0) is 44.6 Å². The number of nitrogens with one attached hydrogen (secondary N) is 2. The fourth-order valence-corrected chi connectivity index (χ4v) is 3.02. The monoisotopic (exact) mass is 391 g/mol. The number of methoxy groups -OCH3 is 1. The summed E-state index contributed by atoms with van der Waals surface area (Å²) in [4.78, 5) is 9.56. The molecule has 0 heterocycles. The zero-order chi connectivity index (χ0) is 20.6. The van der Waals surface area contributed by atoms with Gasteiger partial charge in [-0.25, -0.2) is 4.99 Å². The molecule has 0 aliphatic carbocycles. The molecule has 0 fully saturated rings. The van der Waals surface area contributed by atoms with E-state index in [9.17, 15) is 0 Å². The summed E-state index contributed by atoms with van der Waals surface area (Å²) in [7, 11) is 3.89. The van der Waals surface area contributed by atoms with Crippen LogP contribution in [0.15, 0.2) is 29.3 Å². The zero-order valence-electron chi connectivity index (χ0n) is 18.6. The molecule has 0 radical (unpaired) electrons. The van der Waals surface area contributed by atoms with Crippen LogP contribution in [0, 0.1) is 0 Å². The summed E-state index contributed by atoms with van der Waals surface area (Å²) in [6.45, 7) is 14.9. The maximum Gasteiger partial charge on any atom is 0.191 e. The second kappa shape index (κ2) is 15.3. The molecule has 160 valence electrons. The van der Waals surface area contributed by atoms with E-state index < -0.39 is 0 Å². The SMILES string of the molecule is CCNC(=NCc1ccccc1CN(CC)CC)NCCN(C)CCCOC. The number of benzene rings is 1. The van der Waals surface area contributed by atoms with Crippen LogP contribution >= 0.6 is 0 Å². The summed E-state index contributed by atoms with van der Waals surface area (Å²) in [6, 6.07) is 8.63. The van der Waals surface area contributed by atoms with Gasteiger partial charge in [-0.1, -0.05) is 38.1 Å². The van der Waals surface area contributed by atoms with Crippen molar-refractivity contribution >= 4 is 5.96 Å². The number of nitrogens with zero attached hydrogens (tertiary/aromatic N) is 3. The minimum absolute atomic E-state index is 0.691. The lowest BCUT2D eigenvalue weighted by Gasteiger charge is -2.20. The topological polar surface area (TPSA) is 52.1 Å². The Morgan fingerprint density at radius 3 is 2.39 bits per heavy atom. The molecule has 0 bridgehead atoms. The van der Waals surface area contributed by atoms with Crippen LogP contribution in [0.2, 0.25) is 0 Å². The predicted octanol–water partition coefficient (Wildman–Crippen LogP) is 2.55. The van der Waals surface area contributed by atoms with E-state index in [4.69, 9.17) is 9.73 Å². The van der Waals surface area contributed by atoms with Gasteiger partial charge in [0, 0.05) is 46.4 Å². The second-order valence-electron chi connectivity index (χ2n) is 7.00. The first-order chi connectivity index (χ1) is 13.6. The number of hydrogen-bond acceptors (Lipinski definition) is 4. The molecule has 0 aliphatic rings. The standard InChI is InChI=1S/C22H41N5O/c1-6-23-22(24-14-16-26(4)15-11-17-28-5)25-18-20-12-9-10-13-21(20)19-27(7-2)8-3/h9-10,12-13H,6-8,11,14-19H2,1-5H3,(H2,23,24,25). The summed E-state index contributed by atoms with van der Waals surface area (Å²) >= 11 is 0. The molecule has 0 aromatic heterocycles. The van der Waals surface area contributed by atoms with E-state index in [2.05, 4.69) is 72.5 Å². The van der Waals surface area contributed by atoms with Crippen LogP contribution in [0.25, 0.3) is 0 Å². The van der Waals surface area contributed by atoms with Crippen molar-refractivity contribution in [2.75, 3.05) is 60.0 Å². The Labute approximate surface area is 172 Å². The third kappa shape index (κ3) is 10.1. The highest BCUT2D eigenvalue weighted by Gasteiger charge is 2.06. The molecule has 0 aliphatic heterocycles. The van der Waals surface area contributed by atoms with Gasteiger partial charge >= 0.3 is 0 Å². The summed E-state index contributed by atoms with van der Waals surface area (Å²) < 4.78 is 5.11. The predicted molar refractivity (Wildman–Crippen MR) is 120 cm³/mol. The van der Waals surface area contributed by atoms with Crippen LogP contribution in [-0.2, 0) is 17.8 Å². The summed E-state index contributed by atoms with van der Waals surface area (Å²) in [6.07, 6.45) is 1.06. The van der Waals surface area contributed by atoms with E-state index in [-0.39, 0.29) is 0 Å². The molecular formula is C22H41N5O. The Morgan fingerprint density at radius 1 is 1.04 bits per heavy atom. The molecule has 0 spiro atoms. The smallest absolute Gasteiger partial charge is 0.191 e. The molecule has 6 nitrogen and oxygen atoms in total. The molecule has 1 rings (SSSR count). The van der Waals surface area contributed by atoms with E-state index in [1.54, 1.807) is 7.11 Å². The van der Waals surface area contributed by atoms with Crippen molar-refractivity contribution in [3.05, 3.63) is 35.4 Å². The van der Waals surface area contributed by atoms with Gasteiger partial charge in [-0.15, -0.1) is 0 Å². The lowest BCUT2D eigenvalue weighted by Crippen LogP contribution is -2.41. The quantitative estimate of drug-likeness (QED) is 0.290. The highest BCUT2D eigenvalue weighted by atomic mass is 16.5. The van der Waals surface area contributed by atoms with Gasteiger partial charge in [0.1, 0.15) is 0 Å². The van der Waals surface area contributed by atoms with E-state index in [0.29, 0.717) is 6.54 Å². The van der Waals surface area contributed by atoms with Crippen LogP contribution in [0.4, 0.5) is 0 Å². The molecule has 2 N–H and O–H groups in total. The number of ether oxygens (including phenoxy) is 1. The number of aliphatic imine (C=N–C) groups is 1. The zero-order valence-corrected chi connectivity index (χ0v) is 18.6. The van der Waals surface area contributed by atoms with Crippen molar-refractivity contribution in [1.82, 2.24) is 20.4 Å². The summed E-state index contributed by atoms with van der Waals surface area (Å²) in [5.41, 5.74) is 2.66. The lowest BCUT2D eigenvalue weighted by atomic mass is 10.1. The largest absolute Gasteiger partial charge is 0.385 e. The minimum atomic E-state index is 0.691. The first-order valence-electron chi connectivity index (χ1n) is 10.6. The summed E-state index contributed by atoms with van der Waals surface area (Å²) in [5.74, 6) is 0.880. The van der Waals surface area contributed by atoms with Gasteiger partial charge in [0.25, 0.3) is 0 Å². The Morgan fingerprint density at radius 2 is 1.75 bits per heavy atom. The highest BCUT2D eigenvalue weighted by molar-refractivity contribution is 5.79. The molecule has 0 amide bonds. The Hall–Kier alpha value is -1.63. The second-order valence-corrected chi connectivity index (χ2v) is 7.00. The number of guanidine groups is 1. The first-order valence-corrected chi connectivity index (χ1v) is 10.6. The van der Waals surface area contributed by atoms with E-state index in [0.717, 1.165) is 64.8 Å². The van der Waals surface area contributed by atoms with Crippen LogP contribution < -0.4 is 10.6 Å². The van der Waals surface area contributed by atoms with Crippen LogP contribution in [0.1, 0.15) is 38.3 Å². The molecule has 0 saturated heterocycles. The van der Waals surface area contributed by atoms with Gasteiger partial charge in [0.05, 0.1) is 6.54 Å². The fourth-order valence-electron chi connectivity index (χ4n) is 3.02. The number of hydrogen-bond donors (Lipinski definition) is 2. The maximum absolute atomic E-state index is 5.11. The van der Waals surface area contributed by atoms with E-state index in [1.165, 1.54) is 11.1 Å². The highest BCUT2D eigenvalue weighted by Crippen LogP contribution is 2.13. The first kappa shape index (κ1) is 24.4. The third-order valence-corrected chi connectivity index (χ3v) is 4.83. The third-order valence-electron chi connectivity index (χ3n) is 4.83. The van der Waals surface area contributed by atoms with Gasteiger partial charge < -0.3 is 20.3 Å². The van der Waals surface area contributed by atoms with Gasteiger partial charge in [-0.3, -0.25) is 4.90 Å². The normalized spacial score (nSPS) is 12.0. The molecule has 1 aromatic carbocycles. The molecule has 0 saturated carbocycles. The van der Waals surface area contributed by atoms with Crippen LogP contribution in [0.5, 0.6) is 0 Å². The van der Waals surface area contributed by atoms with Crippen molar-refractivity contribution in [2.45, 2.75) is 40.3 Å². The maximum atomic E-state index is 5.11. The molecule has 28 heavy (non-hydrogen) atoms. The van der Waals surface area contributed by atoms with Crippen molar-refractivity contribution in [3.63, 3.8) is 0 Å². The summed E-state index contributed by atoms with van der Waals surface area (Å²) in [5, 5.41) is 6.80. The average molecular weight is 392 g/mol. The molecular weight excluding hydrogens is 350 g/mol. The van der Waals surface area contributed by atoms with Gasteiger partial charge in [0.2, 0.25) is 0 Å². The Bertz CT molecular complexity index is 545. The lowest BCUT2D eigenvalue weighted by molar-refractivity contribution is 0.180. The van der Waals surface area contributed by atoms with Crippen molar-refractivity contribution in [3.8, 4) is 0 Å². The van der Waals surface area contributed by atoms with E-state index in [1.807, 2.05) is 0 Å². The molecule has 1 aromatic rings.